The van der Waals surface area contributed by atoms with E-state index in [1.807, 2.05) is 0 Å². The van der Waals surface area contributed by atoms with E-state index in [0.717, 1.165) is 0 Å². The van der Waals surface area contributed by atoms with Crippen LogP contribution >= 0.6 is 28.1 Å². The van der Waals surface area contributed by atoms with Crippen molar-refractivity contribution in [3.63, 3.8) is 0 Å². The minimum Gasteiger partial charge on any atom is -0.493 e. The van der Waals surface area contributed by atoms with Gasteiger partial charge in [0.05, 0.1) is 11.6 Å². The number of thiocarbonyl (C=S) groups is 1. The molecule has 0 radical (unpaired) electrons. The normalized spacial score (nSPS) is 13.8. The van der Waals surface area contributed by atoms with Gasteiger partial charge < -0.3 is 9.47 Å². The van der Waals surface area contributed by atoms with E-state index in [0.29, 0.717) is 21.5 Å². The van der Waals surface area contributed by atoms with Gasteiger partial charge in [-0.15, -0.1) is 6.42 Å². The fourth-order valence-electron chi connectivity index (χ4n) is 1.85. The lowest BCUT2D eigenvalue weighted by molar-refractivity contribution is -0.123. The number of nitrogens with one attached hydrogen (secondary N) is 2. The number of carbonyl (C=O) groups is 2. The number of methoxy groups -OCH3 is 1. The van der Waals surface area contributed by atoms with Crippen molar-refractivity contribution in [1.82, 2.24) is 10.6 Å². The van der Waals surface area contributed by atoms with Gasteiger partial charge in [0.15, 0.2) is 16.6 Å². The largest absolute Gasteiger partial charge is 0.493 e. The summed E-state index contributed by atoms with van der Waals surface area (Å²) in [5.41, 5.74) is 0.500. The van der Waals surface area contributed by atoms with Crippen molar-refractivity contribution in [1.29, 1.82) is 0 Å². The van der Waals surface area contributed by atoms with E-state index in [4.69, 9.17) is 28.1 Å². The van der Waals surface area contributed by atoms with Crippen LogP contribution in [0.4, 0.5) is 0 Å². The Morgan fingerprint density at radius 1 is 1.35 bits per heavy atom. The van der Waals surface area contributed by atoms with Gasteiger partial charge in [0.1, 0.15) is 12.2 Å². The zero-order chi connectivity index (χ0) is 17.0. The van der Waals surface area contributed by atoms with Crippen LogP contribution in [0.25, 0.3) is 6.08 Å². The molecular weight excluding hydrogens is 384 g/mol. The van der Waals surface area contributed by atoms with Crippen LogP contribution in [-0.2, 0) is 9.59 Å². The van der Waals surface area contributed by atoms with Crippen LogP contribution < -0.4 is 20.1 Å². The molecule has 23 heavy (non-hydrogen) atoms. The first kappa shape index (κ1) is 17.0. The highest BCUT2D eigenvalue weighted by atomic mass is 79.9. The van der Waals surface area contributed by atoms with Gasteiger partial charge >= 0.3 is 0 Å². The van der Waals surface area contributed by atoms with Gasteiger partial charge in [0.2, 0.25) is 0 Å². The maximum absolute atomic E-state index is 11.8. The molecule has 1 aliphatic rings. The topological polar surface area (TPSA) is 76.7 Å². The molecule has 0 spiro atoms. The maximum Gasteiger partial charge on any atom is 0.263 e. The van der Waals surface area contributed by atoms with Gasteiger partial charge in [0.25, 0.3) is 11.8 Å². The first-order valence-corrected chi connectivity index (χ1v) is 7.48. The number of hydrogen-bond donors (Lipinski definition) is 2. The van der Waals surface area contributed by atoms with Crippen molar-refractivity contribution < 1.29 is 19.1 Å². The van der Waals surface area contributed by atoms with E-state index in [2.05, 4.69) is 32.5 Å². The SMILES string of the molecule is C#CCOc1c(Br)cc(C=C2C(=O)NC(=S)NC2=O)cc1OC. The molecule has 0 aliphatic carbocycles. The lowest BCUT2D eigenvalue weighted by Gasteiger charge is -2.17. The highest BCUT2D eigenvalue weighted by Gasteiger charge is 2.26. The monoisotopic (exact) mass is 394 g/mol. The standard InChI is InChI=1S/C15H11BrN2O4S/c1-3-4-22-12-10(16)6-8(7-11(12)21-2)5-9-13(19)17-15(23)18-14(9)20/h1,5-7H,4H2,2H3,(H2,17,18,19,20,23). The van der Waals surface area contributed by atoms with Crippen LogP contribution in [0.1, 0.15) is 5.56 Å². The van der Waals surface area contributed by atoms with E-state index in [1.54, 1.807) is 12.1 Å². The summed E-state index contributed by atoms with van der Waals surface area (Å²) in [5.74, 6) is 2.07. The molecule has 118 valence electrons. The van der Waals surface area contributed by atoms with Crippen LogP contribution in [0.5, 0.6) is 11.5 Å². The first-order chi connectivity index (χ1) is 11.0. The van der Waals surface area contributed by atoms with E-state index < -0.39 is 11.8 Å². The molecule has 0 atom stereocenters. The number of terminal acetylenes is 1. The molecule has 8 heteroatoms. The lowest BCUT2D eigenvalue weighted by atomic mass is 10.1. The number of rotatable bonds is 4. The molecule has 0 saturated carbocycles. The van der Waals surface area contributed by atoms with Crippen molar-refractivity contribution in [3.8, 4) is 23.8 Å². The molecule has 2 N–H and O–H groups in total. The second kappa shape index (κ2) is 7.26. The summed E-state index contributed by atoms with van der Waals surface area (Å²) >= 11 is 8.09. The van der Waals surface area contributed by atoms with Crippen molar-refractivity contribution in [2.75, 3.05) is 13.7 Å². The van der Waals surface area contributed by atoms with Crippen LogP contribution in [0.15, 0.2) is 22.2 Å². The van der Waals surface area contributed by atoms with Gasteiger partial charge in [-0.25, -0.2) is 0 Å². The van der Waals surface area contributed by atoms with Crippen molar-refractivity contribution in [2.45, 2.75) is 0 Å². The maximum atomic E-state index is 11.8. The summed E-state index contributed by atoms with van der Waals surface area (Å²) in [7, 11) is 1.47. The Morgan fingerprint density at radius 3 is 2.57 bits per heavy atom. The average molecular weight is 395 g/mol. The zero-order valence-electron chi connectivity index (χ0n) is 11.9. The molecule has 1 aromatic rings. The Balaban J connectivity index is 2.41. The Bertz CT molecular complexity index is 745. The third-order valence-electron chi connectivity index (χ3n) is 2.81. The minimum atomic E-state index is -0.568. The molecule has 2 amide bonds. The number of halogens is 1. The van der Waals surface area contributed by atoms with Gasteiger partial charge in [-0.3, -0.25) is 20.2 Å². The van der Waals surface area contributed by atoms with E-state index in [9.17, 15) is 9.59 Å². The average Bonchev–Trinajstić information content (AvgIpc) is 2.49. The Labute approximate surface area is 146 Å². The predicted molar refractivity (Wildman–Crippen MR) is 91.9 cm³/mol. The number of ether oxygens (including phenoxy) is 2. The van der Waals surface area contributed by atoms with Crippen molar-refractivity contribution in [3.05, 3.63) is 27.7 Å². The molecule has 6 nitrogen and oxygen atoms in total. The number of hydrogen-bond acceptors (Lipinski definition) is 5. The Morgan fingerprint density at radius 2 is 2.00 bits per heavy atom. The predicted octanol–water partition coefficient (Wildman–Crippen LogP) is 1.38. The van der Waals surface area contributed by atoms with Gasteiger partial charge in [-0.05, 0) is 51.9 Å². The molecule has 0 aromatic heterocycles. The fraction of sp³-hybridized carbons (Fsp3) is 0.133. The number of carbonyl (C=O) groups excluding carboxylic acids is 2. The molecule has 2 rings (SSSR count). The Hall–Kier alpha value is -2.37. The van der Waals surface area contributed by atoms with E-state index in [-0.39, 0.29) is 17.3 Å². The van der Waals surface area contributed by atoms with Crippen LogP contribution in [0, 0.1) is 12.3 Å². The third kappa shape index (κ3) is 3.88. The second-order valence-electron chi connectivity index (χ2n) is 4.32. The number of benzene rings is 1. The molecule has 1 aromatic carbocycles. The Kier molecular flexibility index (Phi) is 5.36. The van der Waals surface area contributed by atoms with Crippen LogP contribution in [0.2, 0.25) is 0 Å². The second-order valence-corrected chi connectivity index (χ2v) is 5.58. The van der Waals surface area contributed by atoms with Crippen LogP contribution in [-0.4, -0.2) is 30.6 Å². The molecule has 1 saturated heterocycles. The highest BCUT2D eigenvalue weighted by molar-refractivity contribution is 9.10. The molecule has 0 unspecified atom stereocenters. The quantitative estimate of drug-likeness (QED) is 0.349. The fourth-order valence-corrected chi connectivity index (χ4v) is 2.61. The zero-order valence-corrected chi connectivity index (χ0v) is 14.3. The first-order valence-electron chi connectivity index (χ1n) is 6.28. The molecule has 1 heterocycles. The van der Waals surface area contributed by atoms with Gasteiger partial charge in [-0.1, -0.05) is 5.92 Å². The molecule has 1 fully saturated rings. The summed E-state index contributed by atoms with van der Waals surface area (Å²) < 4.78 is 11.2. The van der Waals surface area contributed by atoms with E-state index >= 15 is 0 Å². The highest BCUT2D eigenvalue weighted by Crippen LogP contribution is 2.37. The van der Waals surface area contributed by atoms with Gasteiger partial charge in [0, 0.05) is 0 Å². The summed E-state index contributed by atoms with van der Waals surface area (Å²) in [6, 6.07) is 3.30. The van der Waals surface area contributed by atoms with Crippen molar-refractivity contribution >= 4 is 51.2 Å². The summed E-state index contributed by atoms with van der Waals surface area (Å²) in [5, 5.41) is 4.71. The molecule has 0 bridgehead atoms. The van der Waals surface area contributed by atoms with Gasteiger partial charge in [-0.2, -0.15) is 0 Å². The summed E-state index contributed by atoms with van der Waals surface area (Å²) in [6.07, 6.45) is 6.59. The van der Waals surface area contributed by atoms with Crippen molar-refractivity contribution in [2.24, 2.45) is 0 Å². The summed E-state index contributed by atoms with van der Waals surface area (Å²) in [6.45, 7) is 0.0810. The van der Waals surface area contributed by atoms with E-state index in [1.165, 1.54) is 13.2 Å². The molecule has 1 aliphatic heterocycles. The summed E-state index contributed by atoms with van der Waals surface area (Å²) in [4.78, 5) is 23.7. The third-order valence-corrected chi connectivity index (χ3v) is 3.60. The molecular formula is C15H11BrN2O4S. The lowest BCUT2D eigenvalue weighted by Crippen LogP contribution is -2.51. The smallest absolute Gasteiger partial charge is 0.263 e. The number of amides is 2. The van der Waals surface area contributed by atoms with Crippen LogP contribution in [0.3, 0.4) is 0 Å². The minimum absolute atomic E-state index is 0.0195.